The Balaban J connectivity index is 2.25. The number of aliphatic carboxylic acids is 1. The molecule has 1 aromatic carbocycles. The molecule has 1 unspecified atom stereocenters. The zero-order valence-electron chi connectivity index (χ0n) is 15.0. The summed E-state index contributed by atoms with van der Waals surface area (Å²) in [6, 6.07) is 5.35. The number of nitrogens with zero attached hydrogens (tertiary/aromatic N) is 4. The molecular weight excluding hydrogens is 407 g/mol. The molecule has 0 saturated heterocycles. The van der Waals surface area contributed by atoms with E-state index >= 15 is 0 Å². The number of rotatable bonds is 6. The topological polar surface area (TPSA) is 99.2 Å². The SMILES string of the molecule is CCC(C(=O)O)n1cc(OC)c(-c2cc(Cl)ccc2-n2cc(Cl)nn2)cc1=O. The van der Waals surface area contributed by atoms with E-state index in [2.05, 4.69) is 10.3 Å². The summed E-state index contributed by atoms with van der Waals surface area (Å²) < 4.78 is 8.03. The Labute approximate surface area is 169 Å². The molecule has 3 rings (SSSR count). The van der Waals surface area contributed by atoms with Crippen LogP contribution in [0.4, 0.5) is 0 Å². The van der Waals surface area contributed by atoms with Crippen molar-refractivity contribution >= 4 is 29.2 Å². The monoisotopic (exact) mass is 422 g/mol. The van der Waals surface area contributed by atoms with E-state index in [0.29, 0.717) is 27.6 Å². The summed E-state index contributed by atoms with van der Waals surface area (Å²) in [6.45, 7) is 1.69. The summed E-state index contributed by atoms with van der Waals surface area (Å²) in [7, 11) is 1.44. The van der Waals surface area contributed by atoms with Crippen LogP contribution in [0.5, 0.6) is 5.75 Å². The third kappa shape index (κ3) is 3.74. The maximum atomic E-state index is 12.7. The van der Waals surface area contributed by atoms with Gasteiger partial charge in [0.2, 0.25) is 0 Å². The van der Waals surface area contributed by atoms with Gasteiger partial charge in [-0.3, -0.25) is 9.36 Å². The molecule has 0 aliphatic carbocycles. The third-order valence-electron chi connectivity index (χ3n) is 4.23. The van der Waals surface area contributed by atoms with Crippen LogP contribution < -0.4 is 10.3 Å². The van der Waals surface area contributed by atoms with Gasteiger partial charge in [-0.05, 0) is 24.6 Å². The van der Waals surface area contributed by atoms with Gasteiger partial charge in [0, 0.05) is 22.2 Å². The van der Waals surface area contributed by atoms with E-state index in [1.54, 1.807) is 25.1 Å². The van der Waals surface area contributed by atoms with Gasteiger partial charge in [-0.15, -0.1) is 5.10 Å². The first-order valence-corrected chi connectivity index (χ1v) is 9.02. The Morgan fingerprint density at radius 1 is 1.25 bits per heavy atom. The summed E-state index contributed by atoms with van der Waals surface area (Å²) >= 11 is 12.0. The fourth-order valence-corrected chi connectivity index (χ4v) is 3.22. The number of pyridine rings is 1. The smallest absolute Gasteiger partial charge is 0.326 e. The van der Waals surface area contributed by atoms with Gasteiger partial charge in [-0.1, -0.05) is 35.3 Å². The van der Waals surface area contributed by atoms with E-state index in [1.165, 1.54) is 30.3 Å². The van der Waals surface area contributed by atoms with Crippen molar-refractivity contribution in [2.75, 3.05) is 7.11 Å². The molecule has 0 bridgehead atoms. The summed E-state index contributed by atoms with van der Waals surface area (Å²) in [6.07, 6.45) is 3.15. The molecule has 0 aliphatic heterocycles. The number of benzene rings is 1. The van der Waals surface area contributed by atoms with Crippen molar-refractivity contribution in [2.24, 2.45) is 0 Å². The highest BCUT2D eigenvalue weighted by atomic mass is 35.5. The van der Waals surface area contributed by atoms with Crippen molar-refractivity contribution < 1.29 is 14.6 Å². The summed E-state index contributed by atoms with van der Waals surface area (Å²) in [5, 5.41) is 17.7. The number of ether oxygens (including phenoxy) is 1. The number of hydrogen-bond acceptors (Lipinski definition) is 5. The highest BCUT2D eigenvalue weighted by molar-refractivity contribution is 6.31. The minimum absolute atomic E-state index is 0.204. The fraction of sp³-hybridized carbons (Fsp3) is 0.222. The van der Waals surface area contributed by atoms with E-state index in [9.17, 15) is 14.7 Å². The first-order valence-electron chi connectivity index (χ1n) is 8.26. The number of halogens is 2. The second-order valence-electron chi connectivity index (χ2n) is 5.91. The first-order chi connectivity index (χ1) is 13.3. The average molecular weight is 423 g/mol. The lowest BCUT2D eigenvalue weighted by molar-refractivity contribution is -0.141. The molecule has 28 heavy (non-hydrogen) atoms. The normalized spacial score (nSPS) is 12.0. The quantitative estimate of drug-likeness (QED) is 0.652. The lowest BCUT2D eigenvalue weighted by Crippen LogP contribution is -2.29. The number of hydrogen-bond donors (Lipinski definition) is 1. The van der Waals surface area contributed by atoms with Crippen molar-refractivity contribution in [2.45, 2.75) is 19.4 Å². The Morgan fingerprint density at radius 3 is 2.57 bits per heavy atom. The minimum atomic E-state index is -1.10. The van der Waals surface area contributed by atoms with E-state index < -0.39 is 17.6 Å². The molecule has 0 spiro atoms. The highest BCUT2D eigenvalue weighted by Crippen LogP contribution is 2.35. The summed E-state index contributed by atoms with van der Waals surface area (Å²) in [4.78, 5) is 24.2. The van der Waals surface area contributed by atoms with E-state index in [-0.39, 0.29) is 11.6 Å². The van der Waals surface area contributed by atoms with Gasteiger partial charge in [0.15, 0.2) is 5.15 Å². The van der Waals surface area contributed by atoms with Crippen LogP contribution in [-0.2, 0) is 4.79 Å². The maximum Gasteiger partial charge on any atom is 0.326 e. The maximum absolute atomic E-state index is 12.7. The molecule has 2 heterocycles. The van der Waals surface area contributed by atoms with Gasteiger partial charge in [0.25, 0.3) is 5.56 Å². The molecule has 0 amide bonds. The first kappa shape index (κ1) is 19.9. The van der Waals surface area contributed by atoms with Crippen molar-refractivity contribution in [3.8, 4) is 22.6 Å². The van der Waals surface area contributed by atoms with Crippen molar-refractivity contribution in [3.05, 3.63) is 57.2 Å². The molecule has 146 valence electrons. The molecule has 2 aromatic heterocycles. The van der Waals surface area contributed by atoms with Crippen LogP contribution in [0.25, 0.3) is 16.8 Å². The van der Waals surface area contributed by atoms with Gasteiger partial charge in [-0.25, -0.2) is 9.48 Å². The molecule has 8 nitrogen and oxygen atoms in total. The van der Waals surface area contributed by atoms with Gasteiger partial charge in [0.1, 0.15) is 11.8 Å². The zero-order valence-corrected chi connectivity index (χ0v) is 16.5. The lowest BCUT2D eigenvalue weighted by Gasteiger charge is -2.18. The Morgan fingerprint density at radius 2 is 2.00 bits per heavy atom. The van der Waals surface area contributed by atoms with Gasteiger partial charge < -0.3 is 9.84 Å². The van der Waals surface area contributed by atoms with Crippen molar-refractivity contribution in [1.29, 1.82) is 0 Å². The van der Waals surface area contributed by atoms with Crippen LogP contribution in [0.3, 0.4) is 0 Å². The lowest BCUT2D eigenvalue weighted by atomic mass is 10.0. The molecular formula is C18H16Cl2N4O4. The minimum Gasteiger partial charge on any atom is -0.495 e. The Bertz CT molecular complexity index is 1090. The molecule has 1 atom stereocenters. The predicted molar refractivity (Wildman–Crippen MR) is 105 cm³/mol. The second-order valence-corrected chi connectivity index (χ2v) is 6.73. The number of methoxy groups -OCH3 is 1. The van der Waals surface area contributed by atoms with Crippen LogP contribution >= 0.6 is 23.2 Å². The molecule has 10 heteroatoms. The van der Waals surface area contributed by atoms with Gasteiger partial charge >= 0.3 is 5.97 Å². The van der Waals surface area contributed by atoms with Gasteiger partial charge in [-0.2, -0.15) is 0 Å². The molecule has 0 radical (unpaired) electrons. The number of aromatic nitrogens is 4. The number of carbonyl (C=O) groups is 1. The summed E-state index contributed by atoms with van der Waals surface area (Å²) in [5.41, 5.74) is 1.09. The van der Waals surface area contributed by atoms with E-state index in [1.807, 2.05) is 0 Å². The van der Waals surface area contributed by atoms with Crippen LogP contribution in [0.15, 0.2) is 41.5 Å². The standard InChI is InChI=1S/C18H16Cl2N4O4/c1-3-13(18(26)27)23-8-15(28-2)12(7-17(23)25)11-6-10(19)4-5-14(11)24-9-16(20)21-22-24/h4-9,13H,3H2,1-2H3,(H,26,27). The average Bonchev–Trinajstić information content (AvgIpc) is 3.09. The molecule has 1 N–H and O–H groups in total. The van der Waals surface area contributed by atoms with Crippen LogP contribution in [0, 0.1) is 0 Å². The van der Waals surface area contributed by atoms with E-state index in [4.69, 9.17) is 27.9 Å². The number of carboxylic acid groups (broad SMARTS) is 1. The molecule has 0 fully saturated rings. The molecule has 3 aromatic rings. The summed E-state index contributed by atoms with van der Waals surface area (Å²) in [5.74, 6) is -0.783. The van der Waals surface area contributed by atoms with Crippen LogP contribution in [-0.4, -0.2) is 37.7 Å². The van der Waals surface area contributed by atoms with Crippen LogP contribution in [0.2, 0.25) is 10.2 Å². The van der Waals surface area contributed by atoms with Crippen molar-refractivity contribution in [3.63, 3.8) is 0 Å². The number of carboxylic acids is 1. The molecule has 0 saturated carbocycles. The fourth-order valence-electron chi connectivity index (χ4n) is 2.92. The van der Waals surface area contributed by atoms with E-state index in [0.717, 1.165) is 4.57 Å². The van der Waals surface area contributed by atoms with Crippen molar-refractivity contribution in [1.82, 2.24) is 19.6 Å². The Hall–Kier alpha value is -2.84. The third-order valence-corrected chi connectivity index (χ3v) is 4.64. The molecule has 0 aliphatic rings. The predicted octanol–water partition coefficient (Wildman–Crippen LogP) is 3.45. The zero-order chi connectivity index (χ0) is 20.4. The largest absolute Gasteiger partial charge is 0.495 e. The van der Waals surface area contributed by atoms with Crippen LogP contribution in [0.1, 0.15) is 19.4 Å². The Kier molecular flexibility index (Phi) is 5.71. The highest BCUT2D eigenvalue weighted by Gasteiger charge is 2.22. The second kappa shape index (κ2) is 8.04. The van der Waals surface area contributed by atoms with Gasteiger partial charge in [0.05, 0.1) is 25.2 Å².